The third-order valence-electron chi connectivity index (χ3n) is 4.33. The number of alkyl halides is 2. The fraction of sp³-hybridized carbons (Fsp3) is 0.579. The molecule has 2 rings (SSSR count). The Hall–Kier alpha value is -1.49. The molecule has 1 aliphatic heterocycles. The van der Waals surface area contributed by atoms with Gasteiger partial charge in [0.25, 0.3) is 6.43 Å². The molecule has 0 spiro atoms. The molecule has 0 aliphatic carbocycles. The number of rotatable bonds is 8. The van der Waals surface area contributed by atoms with Crippen LogP contribution < -0.4 is 4.74 Å². The van der Waals surface area contributed by atoms with Crippen LogP contribution in [-0.4, -0.2) is 19.1 Å². The zero-order valence-electron chi connectivity index (χ0n) is 14.0. The first-order valence-corrected chi connectivity index (χ1v) is 8.60. The van der Waals surface area contributed by atoms with Crippen LogP contribution >= 0.6 is 0 Å². The molecule has 1 aliphatic rings. The largest absolute Gasteiger partial charge is 0.462 e. The van der Waals surface area contributed by atoms with Crippen LogP contribution in [0.5, 0.6) is 5.75 Å². The zero-order chi connectivity index (χ0) is 17.4. The first-order chi connectivity index (χ1) is 11.6. The van der Waals surface area contributed by atoms with Gasteiger partial charge in [-0.1, -0.05) is 19.4 Å². The van der Waals surface area contributed by atoms with E-state index in [2.05, 4.69) is 6.92 Å². The average Bonchev–Trinajstić information content (AvgIpc) is 2.56. The smallest absolute Gasteiger partial charge is 0.260 e. The maximum absolute atomic E-state index is 13.9. The number of ether oxygens (including phenoxy) is 2. The molecule has 2 unspecified atom stereocenters. The summed E-state index contributed by atoms with van der Waals surface area (Å²) in [5.74, 6) is 0.0902. The van der Waals surface area contributed by atoms with Crippen molar-refractivity contribution in [3.8, 4) is 5.75 Å². The van der Waals surface area contributed by atoms with Crippen LogP contribution in [0.1, 0.15) is 44.6 Å². The highest BCUT2D eigenvalue weighted by atomic mass is 19.3. The third-order valence-corrected chi connectivity index (χ3v) is 4.33. The molecular formula is C19H25F3O2. The Morgan fingerprint density at radius 3 is 2.75 bits per heavy atom. The van der Waals surface area contributed by atoms with Crippen LogP contribution in [-0.2, 0) is 11.2 Å². The lowest BCUT2D eigenvalue weighted by molar-refractivity contribution is -0.0215. The Kier molecular flexibility index (Phi) is 7.63. The maximum Gasteiger partial charge on any atom is 0.260 e. The van der Waals surface area contributed by atoms with Gasteiger partial charge in [0.15, 0.2) is 11.6 Å². The number of benzene rings is 1. The van der Waals surface area contributed by atoms with E-state index in [-0.39, 0.29) is 11.9 Å². The van der Waals surface area contributed by atoms with Gasteiger partial charge in [-0.15, -0.1) is 0 Å². The monoisotopic (exact) mass is 342 g/mol. The van der Waals surface area contributed by atoms with Gasteiger partial charge in [0.1, 0.15) is 0 Å². The Bertz CT molecular complexity index is 523. The van der Waals surface area contributed by atoms with E-state index in [0.29, 0.717) is 12.0 Å². The molecule has 1 fully saturated rings. The second-order valence-electron chi connectivity index (χ2n) is 6.27. The van der Waals surface area contributed by atoms with E-state index in [9.17, 15) is 13.2 Å². The van der Waals surface area contributed by atoms with Crippen molar-refractivity contribution < 1.29 is 22.6 Å². The van der Waals surface area contributed by atoms with Gasteiger partial charge >= 0.3 is 0 Å². The summed E-state index contributed by atoms with van der Waals surface area (Å²) < 4.78 is 48.6. The highest BCUT2D eigenvalue weighted by Gasteiger charge is 2.20. The van der Waals surface area contributed by atoms with Crippen molar-refractivity contribution in [1.29, 1.82) is 0 Å². The second-order valence-corrected chi connectivity index (χ2v) is 6.27. The summed E-state index contributed by atoms with van der Waals surface area (Å²) in [7, 11) is 0. The second kappa shape index (κ2) is 9.72. The predicted molar refractivity (Wildman–Crippen MR) is 87.9 cm³/mol. The standard InChI is InChI=1S/C19H25F3O2/c1-2-3-15-5-8-16(24-13-15)7-4-14-6-9-18(17(20)12-14)23-11-10-19(21)22/h6,9-12,15-16,19H,2-5,7-8,13H2,1H3/b11-10+. The van der Waals surface area contributed by atoms with Crippen LogP contribution in [0.3, 0.4) is 0 Å². The van der Waals surface area contributed by atoms with Crippen LogP contribution in [0.25, 0.3) is 0 Å². The van der Waals surface area contributed by atoms with E-state index in [1.54, 1.807) is 6.07 Å². The minimum atomic E-state index is -2.61. The molecule has 24 heavy (non-hydrogen) atoms. The summed E-state index contributed by atoms with van der Waals surface area (Å²) in [5, 5.41) is 0. The zero-order valence-corrected chi connectivity index (χ0v) is 14.0. The summed E-state index contributed by atoms with van der Waals surface area (Å²) >= 11 is 0. The molecule has 0 bridgehead atoms. The molecule has 1 aromatic rings. The van der Waals surface area contributed by atoms with E-state index in [0.717, 1.165) is 37.7 Å². The average molecular weight is 342 g/mol. The van der Waals surface area contributed by atoms with Gasteiger partial charge in [-0.3, -0.25) is 0 Å². The van der Waals surface area contributed by atoms with Crippen LogP contribution in [0.15, 0.2) is 30.5 Å². The molecule has 134 valence electrons. The Morgan fingerprint density at radius 1 is 1.29 bits per heavy atom. The lowest BCUT2D eigenvalue weighted by Gasteiger charge is -2.29. The molecule has 5 heteroatoms. The maximum atomic E-state index is 13.9. The summed E-state index contributed by atoms with van der Waals surface area (Å²) in [5.41, 5.74) is 0.858. The molecule has 0 aromatic heterocycles. The van der Waals surface area contributed by atoms with Gasteiger partial charge in [0.2, 0.25) is 0 Å². The summed E-state index contributed by atoms with van der Waals surface area (Å²) in [6, 6.07) is 4.63. The molecule has 2 nitrogen and oxygen atoms in total. The predicted octanol–water partition coefficient (Wildman–Crippen LogP) is 5.51. The van der Waals surface area contributed by atoms with Gasteiger partial charge in [-0.2, -0.15) is 0 Å². The van der Waals surface area contributed by atoms with E-state index in [4.69, 9.17) is 9.47 Å². The normalized spacial score (nSPS) is 21.5. The molecule has 1 saturated heterocycles. The fourth-order valence-corrected chi connectivity index (χ4v) is 3.02. The fourth-order valence-electron chi connectivity index (χ4n) is 3.02. The van der Waals surface area contributed by atoms with Gasteiger partial charge in [0, 0.05) is 12.7 Å². The van der Waals surface area contributed by atoms with E-state index >= 15 is 0 Å². The van der Waals surface area contributed by atoms with Crippen molar-refractivity contribution >= 4 is 0 Å². The summed E-state index contributed by atoms with van der Waals surface area (Å²) in [4.78, 5) is 0. The van der Waals surface area contributed by atoms with Gasteiger partial charge < -0.3 is 9.47 Å². The minimum absolute atomic E-state index is 0.0491. The highest BCUT2D eigenvalue weighted by Crippen LogP contribution is 2.26. The number of halogens is 3. The third kappa shape index (κ3) is 6.19. The molecule has 1 aromatic carbocycles. The van der Waals surface area contributed by atoms with Gasteiger partial charge in [-0.25, -0.2) is 13.2 Å². The van der Waals surface area contributed by atoms with Gasteiger partial charge in [-0.05, 0) is 55.7 Å². The van der Waals surface area contributed by atoms with Gasteiger partial charge in [0.05, 0.1) is 12.4 Å². The van der Waals surface area contributed by atoms with Crippen molar-refractivity contribution in [2.75, 3.05) is 6.61 Å². The van der Waals surface area contributed by atoms with Crippen LogP contribution in [0.4, 0.5) is 13.2 Å². The SMILES string of the molecule is CCCC1CCC(CCc2ccc(O/C=C/C(F)F)c(F)c2)OC1. The first-order valence-electron chi connectivity index (χ1n) is 8.60. The van der Waals surface area contributed by atoms with Crippen LogP contribution in [0, 0.1) is 11.7 Å². The molecule has 0 N–H and O–H groups in total. The topological polar surface area (TPSA) is 18.5 Å². The quantitative estimate of drug-likeness (QED) is 0.580. The number of aryl methyl sites for hydroxylation is 1. The minimum Gasteiger partial charge on any atom is -0.462 e. The Morgan fingerprint density at radius 2 is 2.12 bits per heavy atom. The summed E-state index contributed by atoms with van der Waals surface area (Å²) in [6.45, 7) is 3.02. The number of hydrogen-bond donors (Lipinski definition) is 0. The van der Waals surface area contributed by atoms with Crippen molar-refractivity contribution in [2.45, 2.75) is 58.0 Å². The van der Waals surface area contributed by atoms with Crippen LogP contribution in [0.2, 0.25) is 0 Å². The van der Waals surface area contributed by atoms with E-state index < -0.39 is 12.2 Å². The molecule has 0 radical (unpaired) electrons. The molecule has 2 atom stereocenters. The Labute approximate surface area is 141 Å². The lowest BCUT2D eigenvalue weighted by atomic mass is 9.92. The van der Waals surface area contributed by atoms with Crippen molar-refractivity contribution in [3.05, 3.63) is 41.9 Å². The van der Waals surface area contributed by atoms with Crippen molar-refractivity contribution in [1.82, 2.24) is 0 Å². The van der Waals surface area contributed by atoms with Crippen molar-refractivity contribution in [3.63, 3.8) is 0 Å². The molecule has 0 saturated carbocycles. The molecular weight excluding hydrogens is 317 g/mol. The summed E-state index contributed by atoms with van der Waals surface area (Å²) in [6.07, 6.45) is 5.29. The molecule has 1 heterocycles. The molecule has 0 amide bonds. The highest BCUT2D eigenvalue weighted by molar-refractivity contribution is 5.30. The Balaban J connectivity index is 1.78. The number of hydrogen-bond acceptors (Lipinski definition) is 2. The van der Waals surface area contributed by atoms with E-state index in [1.165, 1.54) is 31.4 Å². The van der Waals surface area contributed by atoms with Crippen molar-refractivity contribution in [2.24, 2.45) is 5.92 Å². The lowest BCUT2D eigenvalue weighted by Crippen LogP contribution is -2.26. The van der Waals surface area contributed by atoms with E-state index in [1.807, 2.05) is 0 Å². The first kappa shape index (κ1) is 18.8. The number of allylic oxidation sites excluding steroid dienone is 1.